The number of carbonyl (C=O) groups is 1. The number of fused-ring (bicyclic) bond motifs is 1. The summed E-state index contributed by atoms with van der Waals surface area (Å²) >= 11 is 0. The molecule has 0 saturated carbocycles. The van der Waals surface area contributed by atoms with Crippen molar-refractivity contribution in [1.29, 1.82) is 0 Å². The molecule has 1 fully saturated rings. The molecule has 1 unspecified atom stereocenters. The van der Waals surface area contributed by atoms with Crippen LogP contribution in [0.5, 0.6) is 0 Å². The molecule has 2 aromatic rings. The molecule has 1 aliphatic rings. The zero-order chi connectivity index (χ0) is 13.3. The van der Waals surface area contributed by atoms with Crippen LogP contribution in [0, 0.1) is 0 Å². The summed E-state index contributed by atoms with van der Waals surface area (Å²) in [5.74, 6) is 0.0506. The normalized spacial score (nSPS) is 22.8. The van der Waals surface area contributed by atoms with Crippen LogP contribution in [-0.4, -0.2) is 28.2 Å². The Bertz CT molecular complexity index is 598. The first kappa shape index (κ1) is 12.2. The predicted octanol–water partition coefficient (Wildman–Crippen LogP) is 2.03. The Morgan fingerprint density at radius 1 is 1.53 bits per heavy atom. The van der Waals surface area contributed by atoms with E-state index < -0.39 is 5.54 Å². The molecule has 1 aromatic heterocycles. The molecule has 1 amide bonds. The molecule has 1 saturated heterocycles. The highest BCUT2D eigenvalue weighted by Gasteiger charge is 2.39. The number of amides is 1. The van der Waals surface area contributed by atoms with Crippen LogP contribution in [0.2, 0.25) is 0 Å². The Morgan fingerprint density at radius 2 is 2.42 bits per heavy atom. The van der Waals surface area contributed by atoms with Crippen molar-refractivity contribution in [3.8, 4) is 0 Å². The number of hydrogen-bond acceptors (Lipinski definition) is 3. The monoisotopic (exact) mass is 258 g/mol. The number of rotatable bonds is 3. The van der Waals surface area contributed by atoms with Crippen molar-refractivity contribution in [1.82, 2.24) is 15.5 Å². The molecule has 2 heterocycles. The lowest BCUT2D eigenvalue weighted by Crippen LogP contribution is -2.50. The fourth-order valence-corrected chi connectivity index (χ4v) is 2.78. The van der Waals surface area contributed by atoms with Gasteiger partial charge in [-0.25, -0.2) is 0 Å². The third-order valence-corrected chi connectivity index (χ3v) is 4.01. The Balaban J connectivity index is 1.88. The summed E-state index contributed by atoms with van der Waals surface area (Å²) in [6.07, 6.45) is 4.51. The van der Waals surface area contributed by atoms with Crippen molar-refractivity contribution < 1.29 is 4.79 Å². The van der Waals surface area contributed by atoms with Crippen molar-refractivity contribution in [3.63, 3.8) is 0 Å². The van der Waals surface area contributed by atoms with E-state index in [4.69, 9.17) is 0 Å². The first-order valence-corrected chi connectivity index (χ1v) is 6.74. The van der Waals surface area contributed by atoms with E-state index in [2.05, 4.69) is 27.8 Å². The van der Waals surface area contributed by atoms with Crippen LogP contribution in [-0.2, 0) is 4.79 Å². The van der Waals surface area contributed by atoms with E-state index in [0.717, 1.165) is 42.4 Å². The topological polar surface area (TPSA) is 69.8 Å². The van der Waals surface area contributed by atoms with Crippen molar-refractivity contribution in [2.45, 2.75) is 31.7 Å². The van der Waals surface area contributed by atoms with E-state index in [-0.39, 0.29) is 5.91 Å². The van der Waals surface area contributed by atoms with E-state index in [1.54, 1.807) is 6.20 Å². The maximum atomic E-state index is 12.5. The molecule has 19 heavy (non-hydrogen) atoms. The van der Waals surface area contributed by atoms with E-state index >= 15 is 0 Å². The fourth-order valence-electron chi connectivity index (χ4n) is 2.78. The Hall–Kier alpha value is -1.88. The third-order valence-electron chi connectivity index (χ3n) is 4.01. The average Bonchev–Trinajstić information content (AvgIpc) is 3.08. The van der Waals surface area contributed by atoms with Crippen LogP contribution in [0.15, 0.2) is 24.4 Å². The van der Waals surface area contributed by atoms with E-state index in [0.29, 0.717) is 0 Å². The summed E-state index contributed by atoms with van der Waals surface area (Å²) in [4.78, 5) is 12.5. The predicted molar refractivity (Wildman–Crippen MR) is 75.0 cm³/mol. The number of anilines is 1. The molecule has 100 valence electrons. The number of aromatic amines is 1. The minimum atomic E-state index is -0.414. The summed E-state index contributed by atoms with van der Waals surface area (Å²) in [5, 5.41) is 14.3. The van der Waals surface area contributed by atoms with Gasteiger partial charge in [-0.3, -0.25) is 9.89 Å². The number of nitrogens with zero attached hydrogens (tertiary/aromatic N) is 1. The van der Waals surface area contributed by atoms with Crippen molar-refractivity contribution in [2.24, 2.45) is 0 Å². The van der Waals surface area contributed by atoms with Gasteiger partial charge in [0.15, 0.2) is 0 Å². The number of aromatic nitrogens is 2. The van der Waals surface area contributed by atoms with Gasteiger partial charge in [0.25, 0.3) is 0 Å². The van der Waals surface area contributed by atoms with E-state index in [1.807, 2.05) is 18.2 Å². The van der Waals surface area contributed by atoms with E-state index in [9.17, 15) is 4.79 Å². The maximum Gasteiger partial charge on any atom is 0.244 e. The minimum Gasteiger partial charge on any atom is -0.323 e. The number of carbonyl (C=O) groups excluding carboxylic acids is 1. The molecule has 0 bridgehead atoms. The first-order chi connectivity index (χ1) is 9.25. The molecular weight excluding hydrogens is 240 g/mol. The standard InChI is InChI=1S/C14H18N4O/c1-2-14(7-4-8-15-14)13(19)17-11-6-3-5-10-9-16-18-12(10)11/h3,5-6,9,15H,2,4,7-8H2,1H3,(H,16,18)(H,17,19). The summed E-state index contributed by atoms with van der Waals surface area (Å²) in [6, 6.07) is 5.79. The van der Waals surface area contributed by atoms with E-state index in [1.165, 1.54) is 0 Å². The van der Waals surface area contributed by atoms with Crippen LogP contribution in [0.25, 0.3) is 10.9 Å². The molecule has 3 rings (SSSR count). The van der Waals surface area contributed by atoms with Gasteiger partial charge in [-0.2, -0.15) is 5.10 Å². The second-order valence-electron chi connectivity index (χ2n) is 5.06. The lowest BCUT2D eigenvalue weighted by Gasteiger charge is -2.26. The molecule has 0 radical (unpaired) electrons. The smallest absolute Gasteiger partial charge is 0.244 e. The SMILES string of the molecule is CCC1(C(=O)Nc2cccc3cn[nH]c23)CCCN1. The maximum absolute atomic E-state index is 12.5. The molecular formula is C14H18N4O. The highest BCUT2D eigenvalue weighted by atomic mass is 16.2. The first-order valence-electron chi connectivity index (χ1n) is 6.74. The minimum absolute atomic E-state index is 0.0506. The van der Waals surface area contributed by atoms with Gasteiger partial charge in [0.1, 0.15) is 0 Å². The van der Waals surface area contributed by atoms with Gasteiger partial charge < -0.3 is 10.6 Å². The summed E-state index contributed by atoms with van der Waals surface area (Å²) in [5.41, 5.74) is 1.25. The number of benzene rings is 1. The molecule has 0 spiro atoms. The van der Waals surface area contributed by atoms with Gasteiger partial charge in [0.2, 0.25) is 5.91 Å². The molecule has 1 aliphatic heterocycles. The van der Waals surface area contributed by atoms with Crippen LogP contribution < -0.4 is 10.6 Å². The van der Waals surface area contributed by atoms with Gasteiger partial charge in [-0.05, 0) is 31.9 Å². The van der Waals surface area contributed by atoms with Gasteiger partial charge in [0, 0.05) is 5.39 Å². The highest BCUT2D eigenvalue weighted by molar-refractivity contribution is 6.04. The van der Waals surface area contributed by atoms with Gasteiger partial charge >= 0.3 is 0 Å². The van der Waals surface area contributed by atoms with Gasteiger partial charge in [-0.1, -0.05) is 19.1 Å². The number of H-pyrrole nitrogens is 1. The largest absolute Gasteiger partial charge is 0.323 e. The fraction of sp³-hybridized carbons (Fsp3) is 0.429. The van der Waals surface area contributed by atoms with Crippen LogP contribution in [0.4, 0.5) is 5.69 Å². The molecule has 3 N–H and O–H groups in total. The average molecular weight is 258 g/mol. The zero-order valence-electron chi connectivity index (χ0n) is 11.0. The third kappa shape index (κ3) is 2.00. The van der Waals surface area contributed by atoms with Crippen LogP contribution >= 0.6 is 0 Å². The van der Waals surface area contributed by atoms with Crippen molar-refractivity contribution >= 4 is 22.5 Å². The van der Waals surface area contributed by atoms with Crippen molar-refractivity contribution in [2.75, 3.05) is 11.9 Å². The Labute approximate surface area is 111 Å². The number of nitrogens with one attached hydrogen (secondary N) is 3. The summed E-state index contributed by atoms with van der Waals surface area (Å²) in [6.45, 7) is 2.96. The van der Waals surface area contributed by atoms with Gasteiger partial charge in [-0.15, -0.1) is 0 Å². The lowest BCUT2D eigenvalue weighted by atomic mass is 9.93. The van der Waals surface area contributed by atoms with Crippen LogP contribution in [0.3, 0.4) is 0 Å². The Kier molecular flexibility index (Phi) is 2.98. The Morgan fingerprint density at radius 3 is 3.16 bits per heavy atom. The highest BCUT2D eigenvalue weighted by Crippen LogP contribution is 2.27. The summed E-state index contributed by atoms with van der Waals surface area (Å²) < 4.78 is 0. The van der Waals surface area contributed by atoms with Gasteiger partial charge in [0.05, 0.1) is 22.9 Å². The molecule has 5 nitrogen and oxygen atoms in total. The number of para-hydroxylation sites is 1. The second-order valence-corrected chi connectivity index (χ2v) is 5.06. The summed E-state index contributed by atoms with van der Waals surface area (Å²) in [7, 11) is 0. The molecule has 0 aliphatic carbocycles. The second kappa shape index (κ2) is 4.66. The molecule has 5 heteroatoms. The number of hydrogen-bond donors (Lipinski definition) is 3. The molecule has 1 atom stereocenters. The van der Waals surface area contributed by atoms with Crippen LogP contribution in [0.1, 0.15) is 26.2 Å². The van der Waals surface area contributed by atoms with Crippen molar-refractivity contribution in [3.05, 3.63) is 24.4 Å². The quantitative estimate of drug-likeness (QED) is 0.789. The lowest BCUT2D eigenvalue weighted by molar-refractivity contribution is -0.122. The zero-order valence-corrected chi connectivity index (χ0v) is 11.0. The molecule has 1 aromatic carbocycles.